The van der Waals surface area contributed by atoms with Gasteiger partial charge >= 0.3 is 0 Å². The highest BCUT2D eigenvalue weighted by Gasteiger charge is 2.12. The molecule has 134 valence electrons. The first-order chi connectivity index (χ1) is 13.2. The van der Waals surface area contributed by atoms with E-state index >= 15 is 0 Å². The summed E-state index contributed by atoms with van der Waals surface area (Å²) in [6, 6.07) is 4.30. The average Bonchev–Trinajstić information content (AvgIpc) is 3.41. The van der Waals surface area contributed by atoms with Crippen molar-refractivity contribution in [3.05, 3.63) is 54.9 Å². The molecule has 5 heterocycles. The van der Waals surface area contributed by atoms with Crippen LogP contribution in [0.3, 0.4) is 0 Å². The summed E-state index contributed by atoms with van der Waals surface area (Å²) in [4.78, 5) is 13.4. The maximum atomic E-state index is 4.73. The predicted octanol–water partition coefficient (Wildman–Crippen LogP) is 2.36. The van der Waals surface area contributed by atoms with Gasteiger partial charge < -0.3 is 4.40 Å². The van der Waals surface area contributed by atoms with Gasteiger partial charge in [-0.2, -0.15) is 5.10 Å². The van der Waals surface area contributed by atoms with Gasteiger partial charge in [0.25, 0.3) is 0 Å². The van der Waals surface area contributed by atoms with Gasteiger partial charge in [-0.1, -0.05) is 11.3 Å². The first kappa shape index (κ1) is 15.6. The second kappa shape index (κ2) is 5.97. The predicted molar refractivity (Wildman–Crippen MR) is 99.0 cm³/mol. The summed E-state index contributed by atoms with van der Waals surface area (Å²) in [5.41, 5.74) is 4.83. The Bertz CT molecular complexity index is 1240. The molecule has 0 spiro atoms. The molecule has 0 saturated heterocycles. The van der Waals surface area contributed by atoms with Crippen LogP contribution in [0.1, 0.15) is 25.5 Å². The van der Waals surface area contributed by atoms with Crippen LogP contribution in [0.25, 0.3) is 28.2 Å². The van der Waals surface area contributed by atoms with Crippen molar-refractivity contribution in [3.63, 3.8) is 0 Å². The largest absolute Gasteiger partial charge is 0.307 e. The number of fused-ring (bicyclic) bond motifs is 2. The van der Waals surface area contributed by atoms with E-state index in [1.54, 1.807) is 23.3 Å². The van der Waals surface area contributed by atoms with Crippen LogP contribution < -0.4 is 0 Å². The topological polar surface area (TPSA) is 91.6 Å². The molecule has 9 nitrogen and oxygen atoms in total. The van der Waals surface area contributed by atoms with Gasteiger partial charge in [0.2, 0.25) is 5.65 Å². The number of pyridine rings is 1. The number of hydrogen-bond acceptors (Lipinski definition) is 6. The van der Waals surface area contributed by atoms with Crippen LogP contribution in [-0.4, -0.2) is 44.1 Å². The summed E-state index contributed by atoms with van der Waals surface area (Å²) >= 11 is 0. The zero-order valence-corrected chi connectivity index (χ0v) is 14.9. The zero-order valence-electron chi connectivity index (χ0n) is 14.9. The minimum absolute atomic E-state index is 0.292. The van der Waals surface area contributed by atoms with Crippen LogP contribution in [0.2, 0.25) is 0 Å². The third kappa shape index (κ3) is 2.73. The molecule has 0 fully saturated rings. The molecule has 0 atom stereocenters. The van der Waals surface area contributed by atoms with Gasteiger partial charge in [-0.3, -0.25) is 4.68 Å². The highest BCUT2D eigenvalue weighted by Crippen LogP contribution is 2.19. The summed E-state index contributed by atoms with van der Waals surface area (Å²) in [6.45, 7) is 4.72. The lowest BCUT2D eigenvalue weighted by molar-refractivity contribution is 0.532. The molecule has 0 amide bonds. The third-order valence-corrected chi connectivity index (χ3v) is 4.44. The third-order valence-electron chi connectivity index (χ3n) is 4.44. The van der Waals surface area contributed by atoms with Gasteiger partial charge in [0.1, 0.15) is 5.65 Å². The molecule has 0 bridgehead atoms. The van der Waals surface area contributed by atoms with Crippen molar-refractivity contribution in [1.29, 1.82) is 0 Å². The number of hydrogen-bond donors (Lipinski definition) is 0. The van der Waals surface area contributed by atoms with E-state index in [2.05, 4.69) is 39.2 Å². The molecule has 0 aliphatic heterocycles. The van der Waals surface area contributed by atoms with Gasteiger partial charge in [0.15, 0.2) is 5.65 Å². The quantitative estimate of drug-likeness (QED) is 0.489. The summed E-state index contributed by atoms with van der Waals surface area (Å²) in [6.07, 6.45) is 11.2. The van der Waals surface area contributed by atoms with Crippen molar-refractivity contribution in [2.24, 2.45) is 0 Å². The average molecular weight is 359 g/mol. The smallest absolute Gasteiger partial charge is 0.221 e. The molecule has 0 aliphatic carbocycles. The van der Waals surface area contributed by atoms with E-state index in [-0.39, 0.29) is 0 Å². The van der Waals surface area contributed by atoms with Crippen molar-refractivity contribution in [3.8, 4) is 11.3 Å². The molecule has 0 aromatic carbocycles. The number of imidazole rings is 1. The maximum Gasteiger partial charge on any atom is 0.221 e. The lowest BCUT2D eigenvalue weighted by Crippen LogP contribution is -2.04. The maximum absolute atomic E-state index is 4.73. The fourth-order valence-electron chi connectivity index (χ4n) is 2.99. The lowest BCUT2D eigenvalue weighted by atomic mass is 10.2. The fraction of sp³-hybridized carbons (Fsp3) is 0.222. The van der Waals surface area contributed by atoms with Gasteiger partial charge in [0.05, 0.1) is 24.6 Å². The number of rotatable bonds is 4. The number of aromatic nitrogens is 9. The summed E-state index contributed by atoms with van der Waals surface area (Å²) in [5.74, 6) is 0. The Hall–Kier alpha value is -3.62. The van der Waals surface area contributed by atoms with E-state index in [1.165, 1.54) is 0 Å². The summed E-state index contributed by atoms with van der Waals surface area (Å²) < 4.78 is 5.64. The molecule has 0 radical (unpaired) electrons. The molecule has 0 N–H and O–H groups in total. The zero-order chi connectivity index (χ0) is 18.4. The van der Waals surface area contributed by atoms with Gasteiger partial charge in [-0.15, -0.1) is 5.10 Å². The van der Waals surface area contributed by atoms with Crippen molar-refractivity contribution in [2.75, 3.05) is 0 Å². The summed E-state index contributed by atoms with van der Waals surface area (Å²) in [7, 11) is 0. The fourth-order valence-corrected chi connectivity index (χ4v) is 2.99. The second-order valence-electron chi connectivity index (χ2n) is 6.68. The second-order valence-corrected chi connectivity index (χ2v) is 6.68. The van der Waals surface area contributed by atoms with E-state index in [4.69, 9.17) is 4.98 Å². The molecule has 5 aromatic rings. The first-order valence-corrected chi connectivity index (χ1v) is 8.70. The first-order valence-electron chi connectivity index (χ1n) is 8.70. The van der Waals surface area contributed by atoms with Crippen LogP contribution in [0, 0.1) is 0 Å². The number of nitrogens with zero attached hydrogens (tertiary/aromatic N) is 9. The highest BCUT2D eigenvalue weighted by atomic mass is 15.5. The molecule has 5 aromatic heterocycles. The van der Waals surface area contributed by atoms with Crippen LogP contribution in [-0.2, 0) is 6.54 Å². The van der Waals surface area contributed by atoms with Crippen molar-refractivity contribution in [2.45, 2.75) is 26.4 Å². The van der Waals surface area contributed by atoms with Gasteiger partial charge in [-0.05, 0) is 25.5 Å². The molecular weight excluding hydrogens is 342 g/mol. The minimum atomic E-state index is 0.292. The molecule has 0 unspecified atom stereocenters. The van der Waals surface area contributed by atoms with Crippen LogP contribution in [0.15, 0.2) is 49.3 Å². The van der Waals surface area contributed by atoms with Gasteiger partial charge in [0, 0.05) is 36.4 Å². The van der Waals surface area contributed by atoms with E-state index in [1.807, 2.05) is 39.8 Å². The SMILES string of the molecule is CC(C)n1cc(-c2cnc3nnn(Cc4ccc5nccn5c4)c3n2)cn1. The Labute approximate surface area is 154 Å². The Kier molecular flexibility index (Phi) is 3.46. The monoisotopic (exact) mass is 359 g/mol. The van der Waals surface area contributed by atoms with Crippen LogP contribution in [0.4, 0.5) is 0 Å². The Morgan fingerprint density at radius 1 is 1.07 bits per heavy atom. The van der Waals surface area contributed by atoms with Crippen molar-refractivity contribution < 1.29 is 0 Å². The van der Waals surface area contributed by atoms with E-state index in [0.29, 0.717) is 23.9 Å². The molecule has 5 rings (SSSR count). The Morgan fingerprint density at radius 2 is 2.00 bits per heavy atom. The molecule has 0 saturated carbocycles. The van der Waals surface area contributed by atoms with E-state index in [9.17, 15) is 0 Å². The lowest BCUT2D eigenvalue weighted by Gasteiger charge is -2.04. The normalized spacial score (nSPS) is 11.8. The standard InChI is InChI=1S/C18H17N9/c1-12(2)26-11-14(7-21-26)15-8-20-17-18(22-15)27(24-23-17)10-13-3-4-16-19-5-6-25(16)9-13/h3-9,11-12H,10H2,1-2H3. The Morgan fingerprint density at radius 3 is 2.85 bits per heavy atom. The molecule has 9 heteroatoms. The minimum Gasteiger partial charge on any atom is -0.307 e. The Balaban J connectivity index is 1.52. The highest BCUT2D eigenvalue weighted by molar-refractivity contribution is 5.69. The van der Waals surface area contributed by atoms with Crippen molar-refractivity contribution in [1.82, 2.24) is 44.1 Å². The van der Waals surface area contributed by atoms with Crippen LogP contribution in [0.5, 0.6) is 0 Å². The molecular formula is C18H17N9. The van der Waals surface area contributed by atoms with Crippen molar-refractivity contribution >= 4 is 16.9 Å². The van der Waals surface area contributed by atoms with E-state index in [0.717, 1.165) is 22.5 Å². The summed E-state index contributed by atoms with van der Waals surface area (Å²) in [5, 5.41) is 12.7. The molecule has 27 heavy (non-hydrogen) atoms. The van der Waals surface area contributed by atoms with Crippen LogP contribution >= 0.6 is 0 Å². The van der Waals surface area contributed by atoms with Gasteiger partial charge in [-0.25, -0.2) is 19.6 Å². The van der Waals surface area contributed by atoms with E-state index < -0.39 is 0 Å². The molecule has 0 aliphatic rings.